The summed E-state index contributed by atoms with van der Waals surface area (Å²) in [6.07, 6.45) is 7.83. The summed E-state index contributed by atoms with van der Waals surface area (Å²) in [6.45, 7) is 0. The van der Waals surface area contributed by atoms with Crippen LogP contribution in [0.25, 0.3) is 0 Å². The summed E-state index contributed by atoms with van der Waals surface area (Å²) in [4.78, 5) is 0. The average molecular weight is 1120 g/mol. The lowest BCUT2D eigenvalue weighted by molar-refractivity contribution is 0.417. The zero-order valence-corrected chi connectivity index (χ0v) is 49.9. The third-order valence-electron chi connectivity index (χ3n) is 14.2. The van der Waals surface area contributed by atoms with E-state index in [-0.39, 0.29) is 11.8 Å². The number of hydrogen-bond donors (Lipinski definition) is 0. The van der Waals surface area contributed by atoms with Crippen LogP contribution in [0.2, 0.25) is 0 Å². The molecule has 0 fully saturated rings. The summed E-state index contributed by atoms with van der Waals surface area (Å²) in [5.41, 5.74) is 0. The van der Waals surface area contributed by atoms with Crippen LogP contribution in [0.3, 0.4) is 0 Å². The van der Waals surface area contributed by atoms with Gasteiger partial charge in [0.05, 0.1) is 56.9 Å². The molecule has 0 saturated heterocycles. The van der Waals surface area contributed by atoms with Crippen molar-refractivity contribution in [3.8, 4) is 46.0 Å². The zero-order valence-electron chi connectivity index (χ0n) is 46.3. The van der Waals surface area contributed by atoms with E-state index >= 15 is 0 Å². The van der Waals surface area contributed by atoms with Crippen molar-refractivity contribution in [1.82, 2.24) is 0 Å². The molecule has 0 heterocycles. The smallest absolute Gasteiger partial charge is 0.126 e. The molecule has 12 heteroatoms. The van der Waals surface area contributed by atoms with Crippen molar-refractivity contribution in [2.75, 3.05) is 81.5 Å². The van der Waals surface area contributed by atoms with E-state index in [1.165, 1.54) is 42.4 Å². The molecule has 0 N–H and O–H groups in total. The van der Waals surface area contributed by atoms with Gasteiger partial charge in [-0.2, -0.15) is 0 Å². The Bertz CT molecular complexity index is 2530. The summed E-state index contributed by atoms with van der Waals surface area (Å²) in [7, 11) is 10.4. The molecule has 78 heavy (non-hydrogen) atoms. The van der Waals surface area contributed by atoms with Crippen molar-refractivity contribution in [1.29, 1.82) is 0 Å². The van der Waals surface area contributed by atoms with Crippen LogP contribution in [-0.4, -0.2) is 81.5 Å². The highest BCUT2D eigenvalue weighted by molar-refractivity contribution is 7.75. The summed E-state index contributed by atoms with van der Waals surface area (Å²) < 4.78 is 49.4. The van der Waals surface area contributed by atoms with E-state index in [0.717, 1.165) is 96.3 Å². The third kappa shape index (κ3) is 14.2. The van der Waals surface area contributed by atoms with Gasteiger partial charge in [-0.3, -0.25) is 0 Å². The largest absolute Gasteiger partial charge is 0.496 e. The Kier molecular flexibility index (Phi) is 22.1. The maximum absolute atomic E-state index is 6.18. The van der Waals surface area contributed by atoms with Gasteiger partial charge in [0, 0.05) is 42.4 Å². The molecule has 0 spiro atoms. The molecule has 0 aliphatic heterocycles. The minimum atomic E-state index is -0.958. The molecule has 0 amide bonds. The van der Waals surface area contributed by atoms with Crippen molar-refractivity contribution in [3.05, 3.63) is 194 Å². The Morgan fingerprint density at radius 3 is 0.513 bits per heavy atom. The Morgan fingerprint density at radius 1 is 0.231 bits per heavy atom. The number of methoxy groups -OCH3 is 8. The molecule has 406 valence electrons. The van der Waals surface area contributed by atoms with Crippen molar-refractivity contribution >= 4 is 74.1 Å². The van der Waals surface area contributed by atoms with Gasteiger partial charge < -0.3 is 37.9 Å². The first-order valence-corrected chi connectivity index (χ1v) is 32.6. The number of rotatable bonds is 29. The highest BCUT2D eigenvalue weighted by Gasteiger charge is 2.32. The van der Waals surface area contributed by atoms with Gasteiger partial charge in [-0.05, 0) is 130 Å². The standard InChI is InChI=1S/C66H74O8P4/c1-67-51-29-11-19-37-59(51)75(60-38-20-12-30-52(60)68-2)45-49(46-76(61-39-21-13-31-53(61)69-3)62-40-22-14-32-54(62)70-4)27-9-10-28-50(47-77(63-41-23-15-33-55(63)71-5)64-42-24-16-34-56(64)72-6)48-78(65-43-25-17-35-57(65)73-7)66-44-26-18-36-58(66)74-8/h11-26,29-44,49-50H,9-10,27-28,45-48H2,1-8H3. The SMILES string of the molecule is COc1ccccc1P(CC(CCCCC(CP(c1ccccc1OC)c1ccccc1OC)CP(c1ccccc1OC)c1ccccc1OC)CP(c1ccccc1OC)c1ccccc1OC)c1ccccc1OC. The van der Waals surface area contributed by atoms with Crippen molar-refractivity contribution in [2.45, 2.75) is 25.7 Å². The lowest BCUT2D eigenvalue weighted by Gasteiger charge is -2.32. The first-order valence-electron chi connectivity index (χ1n) is 26.5. The average Bonchev–Trinajstić information content (AvgIpc) is 3.55. The van der Waals surface area contributed by atoms with Gasteiger partial charge in [0.25, 0.3) is 0 Å². The van der Waals surface area contributed by atoms with Gasteiger partial charge in [-0.1, -0.05) is 158 Å². The fraction of sp³-hybridized carbons (Fsp3) is 0.273. The van der Waals surface area contributed by atoms with Gasteiger partial charge >= 0.3 is 0 Å². The lowest BCUT2D eigenvalue weighted by Crippen LogP contribution is -2.26. The van der Waals surface area contributed by atoms with E-state index in [2.05, 4.69) is 194 Å². The lowest BCUT2D eigenvalue weighted by atomic mass is 10.0. The van der Waals surface area contributed by atoms with Crippen LogP contribution in [0.5, 0.6) is 46.0 Å². The molecule has 0 saturated carbocycles. The van der Waals surface area contributed by atoms with Crippen molar-refractivity contribution < 1.29 is 37.9 Å². The van der Waals surface area contributed by atoms with E-state index in [4.69, 9.17) is 37.9 Å². The topological polar surface area (TPSA) is 73.8 Å². The summed E-state index contributed by atoms with van der Waals surface area (Å²) in [6, 6.07) is 68.5. The van der Waals surface area contributed by atoms with Crippen molar-refractivity contribution in [3.63, 3.8) is 0 Å². The molecule has 8 aromatic carbocycles. The minimum absolute atomic E-state index is 0.281. The van der Waals surface area contributed by atoms with Gasteiger partial charge in [0.1, 0.15) is 46.0 Å². The Balaban J connectivity index is 1.22. The monoisotopic (exact) mass is 1120 g/mol. The molecule has 0 radical (unpaired) electrons. The van der Waals surface area contributed by atoms with Gasteiger partial charge in [0.15, 0.2) is 0 Å². The van der Waals surface area contributed by atoms with Crippen molar-refractivity contribution in [2.24, 2.45) is 11.8 Å². The zero-order chi connectivity index (χ0) is 54.6. The van der Waals surface area contributed by atoms with E-state index < -0.39 is 31.7 Å². The van der Waals surface area contributed by atoms with E-state index in [1.54, 1.807) is 56.9 Å². The molecular weight excluding hydrogens is 1040 g/mol. The number of benzene rings is 8. The van der Waals surface area contributed by atoms with Crippen LogP contribution < -0.4 is 80.3 Å². The molecule has 0 bridgehead atoms. The second-order valence-electron chi connectivity index (χ2n) is 18.8. The van der Waals surface area contributed by atoms with Crippen LogP contribution in [0.4, 0.5) is 0 Å². The molecular formula is C66H74O8P4. The fourth-order valence-electron chi connectivity index (χ4n) is 10.5. The predicted octanol–water partition coefficient (Wildman–Crippen LogP) is 12.4. The molecule has 0 unspecified atom stereocenters. The maximum Gasteiger partial charge on any atom is 0.126 e. The number of unbranched alkanes of at least 4 members (excludes halogenated alkanes) is 1. The summed E-state index contributed by atoms with van der Waals surface area (Å²) in [5.74, 6) is 7.76. The van der Waals surface area contributed by atoms with Gasteiger partial charge in [-0.15, -0.1) is 0 Å². The molecule has 0 atom stereocenters. The first-order chi connectivity index (χ1) is 38.4. The summed E-state index contributed by atoms with van der Waals surface area (Å²) >= 11 is 0. The van der Waals surface area contributed by atoms with Crippen LogP contribution in [0.15, 0.2) is 194 Å². The summed E-state index contributed by atoms with van der Waals surface area (Å²) in [5, 5.41) is 9.71. The molecule has 8 nitrogen and oxygen atoms in total. The Morgan fingerprint density at radius 2 is 0.372 bits per heavy atom. The minimum Gasteiger partial charge on any atom is -0.496 e. The first kappa shape index (κ1) is 58.0. The molecule has 0 aliphatic rings. The Hall–Kier alpha value is -6.12. The highest BCUT2D eigenvalue weighted by Crippen LogP contribution is 2.51. The molecule has 8 rings (SSSR count). The molecule has 0 aliphatic carbocycles. The normalized spacial score (nSPS) is 11.4. The quantitative estimate of drug-likeness (QED) is 0.0339. The second kappa shape index (κ2) is 29.7. The van der Waals surface area contributed by atoms with Crippen LogP contribution >= 0.6 is 31.7 Å². The van der Waals surface area contributed by atoms with Gasteiger partial charge in [0.2, 0.25) is 0 Å². The number of hydrogen-bond acceptors (Lipinski definition) is 8. The maximum atomic E-state index is 6.18. The van der Waals surface area contributed by atoms with E-state index in [9.17, 15) is 0 Å². The molecule has 8 aromatic rings. The number of para-hydroxylation sites is 8. The fourth-order valence-corrected chi connectivity index (χ4v) is 22.4. The van der Waals surface area contributed by atoms with E-state index in [1.807, 2.05) is 0 Å². The second-order valence-corrected chi connectivity index (χ2v) is 27.6. The predicted molar refractivity (Wildman–Crippen MR) is 334 cm³/mol. The number of ether oxygens (including phenoxy) is 8. The van der Waals surface area contributed by atoms with E-state index in [0.29, 0.717) is 0 Å². The van der Waals surface area contributed by atoms with Crippen LogP contribution in [0.1, 0.15) is 25.7 Å². The molecule has 0 aromatic heterocycles. The Labute approximate surface area is 468 Å². The highest BCUT2D eigenvalue weighted by atomic mass is 31.1. The van der Waals surface area contributed by atoms with Crippen LogP contribution in [0, 0.1) is 11.8 Å². The van der Waals surface area contributed by atoms with Gasteiger partial charge in [-0.25, -0.2) is 0 Å². The third-order valence-corrected chi connectivity index (χ3v) is 25.4. The van der Waals surface area contributed by atoms with Crippen LogP contribution in [-0.2, 0) is 0 Å².